The van der Waals surface area contributed by atoms with Crippen molar-refractivity contribution in [2.45, 2.75) is 39.5 Å². The molecule has 0 radical (unpaired) electrons. The Morgan fingerprint density at radius 2 is 1.55 bits per heavy atom. The van der Waals surface area contributed by atoms with Gasteiger partial charge in [0.1, 0.15) is 17.2 Å². The second-order valence-electron chi connectivity index (χ2n) is 7.25. The lowest BCUT2D eigenvalue weighted by atomic mass is 10.1. The number of nitrogens with zero attached hydrogens (tertiary/aromatic N) is 1. The fourth-order valence-electron chi connectivity index (χ4n) is 3.29. The highest BCUT2D eigenvalue weighted by molar-refractivity contribution is 5.56. The van der Waals surface area contributed by atoms with Gasteiger partial charge < -0.3 is 14.4 Å². The molecule has 0 heterocycles. The summed E-state index contributed by atoms with van der Waals surface area (Å²) in [6.07, 6.45) is 12.4. The lowest BCUT2D eigenvalue weighted by molar-refractivity contribution is 0.413. The summed E-state index contributed by atoms with van der Waals surface area (Å²) in [4.78, 5) is 2.37. The van der Waals surface area contributed by atoms with Crippen molar-refractivity contribution in [3.8, 4) is 17.2 Å². The minimum atomic E-state index is 0.754. The average molecular weight is 418 g/mol. The Kier molecular flexibility index (Phi) is 10.2. The molecule has 0 saturated heterocycles. The maximum absolute atomic E-state index is 6.00. The number of ether oxygens (including phenoxy) is 2. The molecule has 0 bridgehead atoms. The minimum absolute atomic E-state index is 0.754. The summed E-state index contributed by atoms with van der Waals surface area (Å²) in [6.45, 7) is 13.0. The highest BCUT2D eigenvalue weighted by Gasteiger charge is 2.13. The number of anilines is 1. The van der Waals surface area contributed by atoms with Crippen molar-refractivity contribution in [3.63, 3.8) is 0 Å². The van der Waals surface area contributed by atoms with E-state index in [0.717, 1.165) is 54.3 Å². The van der Waals surface area contributed by atoms with E-state index in [1.807, 2.05) is 54.6 Å². The maximum Gasteiger partial charge on any atom is 0.127 e. The van der Waals surface area contributed by atoms with Gasteiger partial charge in [0.05, 0.1) is 7.11 Å². The Balaban J connectivity index is 2.28. The first-order valence-electron chi connectivity index (χ1n) is 11.0. The fourth-order valence-corrected chi connectivity index (χ4v) is 3.29. The van der Waals surface area contributed by atoms with Gasteiger partial charge in [0.15, 0.2) is 0 Å². The molecular weight excluding hydrogens is 382 g/mol. The summed E-state index contributed by atoms with van der Waals surface area (Å²) >= 11 is 0. The number of hydrogen-bond acceptors (Lipinski definition) is 3. The van der Waals surface area contributed by atoms with Crippen LogP contribution in [-0.2, 0) is 0 Å². The molecule has 0 N–H and O–H groups in total. The number of methoxy groups -OCH3 is 1. The van der Waals surface area contributed by atoms with E-state index in [1.54, 1.807) is 7.11 Å². The van der Waals surface area contributed by atoms with Crippen LogP contribution in [-0.4, -0.2) is 13.7 Å². The Morgan fingerprint density at radius 1 is 0.935 bits per heavy atom. The van der Waals surface area contributed by atoms with Crippen molar-refractivity contribution < 1.29 is 9.47 Å². The summed E-state index contributed by atoms with van der Waals surface area (Å²) in [5.41, 5.74) is 3.60. The molecule has 0 spiro atoms. The van der Waals surface area contributed by atoms with E-state index in [1.165, 1.54) is 12.1 Å². The predicted octanol–water partition coefficient (Wildman–Crippen LogP) is 8.08. The zero-order valence-corrected chi connectivity index (χ0v) is 19.1. The highest BCUT2D eigenvalue weighted by Crippen LogP contribution is 2.29. The van der Waals surface area contributed by atoms with E-state index < -0.39 is 0 Å². The van der Waals surface area contributed by atoms with E-state index in [2.05, 4.69) is 50.1 Å². The summed E-state index contributed by atoms with van der Waals surface area (Å²) in [6, 6.07) is 15.9. The number of benzene rings is 2. The van der Waals surface area contributed by atoms with Crippen LogP contribution in [0.5, 0.6) is 17.2 Å². The molecule has 164 valence electrons. The molecule has 0 aliphatic carbocycles. The lowest BCUT2D eigenvalue weighted by Crippen LogP contribution is -2.25. The van der Waals surface area contributed by atoms with Crippen LogP contribution in [0.15, 0.2) is 97.3 Å². The summed E-state index contributed by atoms with van der Waals surface area (Å²) in [5.74, 6) is 2.39. The minimum Gasteiger partial charge on any atom is -0.497 e. The smallest absolute Gasteiger partial charge is 0.127 e. The fraction of sp³-hybridized carbons (Fsp3) is 0.286. The Bertz CT molecular complexity index is 876. The third-order valence-electron chi connectivity index (χ3n) is 4.95. The lowest BCUT2D eigenvalue weighted by Gasteiger charge is -2.29. The maximum atomic E-state index is 6.00. The molecule has 2 aromatic rings. The van der Waals surface area contributed by atoms with Crippen LogP contribution in [0.3, 0.4) is 0 Å². The summed E-state index contributed by atoms with van der Waals surface area (Å²) in [5, 5.41) is 0. The second-order valence-corrected chi connectivity index (χ2v) is 7.25. The van der Waals surface area contributed by atoms with Crippen molar-refractivity contribution in [1.82, 2.24) is 0 Å². The first-order chi connectivity index (χ1) is 15.1. The monoisotopic (exact) mass is 417 g/mol. The number of rotatable bonds is 13. The van der Waals surface area contributed by atoms with E-state index in [0.29, 0.717) is 0 Å². The number of allylic oxidation sites excluding steroid dienone is 4. The van der Waals surface area contributed by atoms with Gasteiger partial charge >= 0.3 is 0 Å². The van der Waals surface area contributed by atoms with Crippen molar-refractivity contribution in [3.05, 3.63) is 97.3 Å². The first-order valence-corrected chi connectivity index (χ1v) is 11.0. The van der Waals surface area contributed by atoms with Gasteiger partial charge in [0, 0.05) is 17.9 Å². The van der Waals surface area contributed by atoms with Crippen LogP contribution in [0.2, 0.25) is 0 Å². The van der Waals surface area contributed by atoms with Gasteiger partial charge in [-0.3, -0.25) is 0 Å². The Hall–Kier alpha value is -3.20. The van der Waals surface area contributed by atoms with Crippen molar-refractivity contribution in [2.24, 2.45) is 0 Å². The average Bonchev–Trinajstić information content (AvgIpc) is 2.81. The van der Waals surface area contributed by atoms with Gasteiger partial charge in [-0.1, -0.05) is 57.7 Å². The molecule has 0 saturated carbocycles. The highest BCUT2D eigenvalue weighted by atomic mass is 16.5. The third-order valence-corrected chi connectivity index (χ3v) is 4.95. The zero-order chi connectivity index (χ0) is 22.5. The molecule has 0 unspecified atom stereocenters. The summed E-state index contributed by atoms with van der Waals surface area (Å²) < 4.78 is 11.2. The molecule has 2 rings (SSSR count). The van der Waals surface area contributed by atoms with Crippen LogP contribution in [0.4, 0.5) is 5.69 Å². The molecular formula is C28H35NO2. The first kappa shape index (κ1) is 24.1. The number of unbranched alkanes of at least 4 members (excludes halogenated alkanes) is 1. The second kappa shape index (κ2) is 13.2. The van der Waals surface area contributed by atoms with Crippen LogP contribution in [0, 0.1) is 0 Å². The van der Waals surface area contributed by atoms with E-state index in [-0.39, 0.29) is 0 Å². The Labute approximate surface area is 188 Å². The molecule has 3 heteroatoms. The normalized spacial score (nSPS) is 11.7. The van der Waals surface area contributed by atoms with Gasteiger partial charge in [-0.2, -0.15) is 0 Å². The summed E-state index contributed by atoms with van der Waals surface area (Å²) in [7, 11) is 1.66. The quantitative estimate of drug-likeness (QED) is 0.307. The molecule has 31 heavy (non-hydrogen) atoms. The van der Waals surface area contributed by atoms with E-state index in [9.17, 15) is 0 Å². The van der Waals surface area contributed by atoms with Gasteiger partial charge in [-0.15, -0.1) is 0 Å². The standard InChI is InChI=1S/C28H35NO2/c1-6-10-13-24(12-8-3)29(22-23(9-4)11-7-2)25-14-16-27(17-15-25)31-28-20-18-26(30-5)19-21-28/h7,9,11-12,14-21H,2,4,6,8,10,13,22H2,1,3,5H3/b23-11+,24-12-. The van der Waals surface area contributed by atoms with Crippen molar-refractivity contribution in [1.29, 1.82) is 0 Å². The van der Waals surface area contributed by atoms with Gasteiger partial charge in [-0.05, 0) is 73.4 Å². The SMILES string of the molecule is C=C/C=C(\C=C)CN(/C(=C\CC)CCCC)c1ccc(Oc2ccc(OC)cc2)cc1. The van der Waals surface area contributed by atoms with Crippen LogP contribution in [0.25, 0.3) is 0 Å². The third kappa shape index (κ3) is 7.53. The topological polar surface area (TPSA) is 21.7 Å². The van der Waals surface area contributed by atoms with Crippen LogP contribution < -0.4 is 14.4 Å². The predicted molar refractivity (Wildman–Crippen MR) is 133 cm³/mol. The molecule has 0 aliphatic rings. The van der Waals surface area contributed by atoms with E-state index >= 15 is 0 Å². The molecule has 2 aromatic carbocycles. The number of hydrogen-bond donors (Lipinski definition) is 0. The molecule has 0 amide bonds. The van der Waals surface area contributed by atoms with Crippen LogP contribution >= 0.6 is 0 Å². The molecule has 0 aliphatic heterocycles. The van der Waals surface area contributed by atoms with Gasteiger partial charge in [0.25, 0.3) is 0 Å². The molecule has 0 fully saturated rings. The van der Waals surface area contributed by atoms with Crippen molar-refractivity contribution >= 4 is 5.69 Å². The van der Waals surface area contributed by atoms with E-state index in [4.69, 9.17) is 9.47 Å². The molecule has 0 atom stereocenters. The molecule has 0 aromatic heterocycles. The zero-order valence-electron chi connectivity index (χ0n) is 19.1. The van der Waals surface area contributed by atoms with Gasteiger partial charge in [-0.25, -0.2) is 0 Å². The molecule has 3 nitrogen and oxygen atoms in total. The van der Waals surface area contributed by atoms with Crippen LogP contribution in [0.1, 0.15) is 39.5 Å². The Morgan fingerprint density at radius 3 is 2.06 bits per heavy atom. The van der Waals surface area contributed by atoms with Gasteiger partial charge in [0.2, 0.25) is 0 Å². The largest absolute Gasteiger partial charge is 0.497 e. The van der Waals surface area contributed by atoms with Crippen molar-refractivity contribution in [2.75, 3.05) is 18.6 Å².